The molecular formula is C17H19NO4S. The molecule has 0 saturated heterocycles. The molecule has 0 aliphatic heterocycles. The average molecular weight is 333 g/mol. The molecule has 1 unspecified atom stereocenters. The number of ether oxygens (including phenoxy) is 1. The van der Waals surface area contributed by atoms with Gasteiger partial charge in [-0.15, -0.1) is 11.3 Å². The molecule has 122 valence electrons. The molecule has 2 aromatic rings. The van der Waals surface area contributed by atoms with Gasteiger partial charge in [0, 0.05) is 4.88 Å². The number of carbonyl (C=O) groups is 2. The lowest BCUT2D eigenvalue weighted by atomic mass is 9.88. The number of amides is 1. The first kappa shape index (κ1) is 15.8. The van der Waals surface area contributed by atoms with Crippen LogP contribution in [0.25, 0.3) is 0 Å². The van der Waals surface area contributed by atoms with E-state index in [1.807, 2.05) is 0 Å². The molecule has 1 aliphatic carbocycles. The molecule has 5 nitrogen and oxygen atoms in total. The molecule has 0 radical (unpaired) electrons. The predicted molar refractivity (Wildman–Crippen MR) is 88.2 cm³/mol. The van der Waals surface area contributed by atoms with Crippen molar-refractivity contribution in [3.8, 4) is 0 Å². The Bertz CT molecular complexity index is 759. The Hall–Kier alpha value is -2.08. The molecule has 1 amide bonds. The number of anilines is 1. The smallest absolute Gasteiger partial charge is 0.341 e. The average Bonchev–Trinajstić information content (AvgIpc) is 3.09. The second-order valence-electron chi connectivity index (χ2n) is 5.91. The monoisotopic (exact) mass is 333 g/mol. The highest BCUT2D eigenvalue weighted by molar-refractivity contribution is 7.17. The van der Waals surface area contributed by atoms with Crippen molar-refractivity contribution in [2.45, 2.75) is 33.1 Å². The quantitative estimate of drug-likeness (QED) is 0.867. The molecule has 1 atom stereocenters. The van der Waals surface area contributed by atoms with Crippen LogP contribution in [-0.4, -0.2) is 19.0 Å². The van der Waals surface area contributed by atoms with E-state index in [0.29, 0.717) is 22.2 Å². The van der Waals surface area contributed by atoms with E-state index < -0.39 is 5.97 Å². The van der Waals surface area contributed by atoms with Crippen LogP contribution in [0, 0.1) is 12.8 Å². The Morgan fingerprint density at radius 2 is 2.17 bits per heavy atom. The van der Waals surface area contributed by atoms with Crippen molar-refractivity contribution in [1.29, 1.82) is 0 Å². The number of esters is 1. The van der Waals surface area contributed by atoms with Crippen LogP contribution in [-0.2, 0) is 17.6 Å². The summed E-state index contributed by atoms with van der Waals surface area (Å²) in [4.78, 5) is 25.7. The summed E-state index contributed by atoms with van der Waals surface area (Å²) >= 11 is 1.46. The first-order valence-electron chi connectivity index (χ1n) is 7.60. The summed E-state index contributed by atoms with van der Waals surface area (Å²) in [5, 5.41) is 3.36. The number of fused-ring (bicyclic) bond motifs is 1. The first-order valence-corrected chi connectivity index (χ1v) is 8.42. The van der Waals surface area contributed by atoms with Crippen LogP contribution >= 0.6 is 11.3 Å². The van der Waals surface area contributed by atoms with Gasteiger partial charge >= 0.3 is 5.97 Å². The minimum absolute atomic E-state index is 0.234. The number of carbonyl (C=O) groups excluding carboxylic acids is 2. The molecule has 0 aromatic carbocycles. The summed E-state index contributed by atoms with van der Waals surface area (Å²) in [6.45, 7) is 3.98. The minimum atomic E-state index is -0.400. The maximum Gasteiger partial charge on any atom is 0.341 e. The van der Waals surface area contributed by atoms with Gasteiger partial charge in [-0.05, 0) is 49.8 Å². The predicted octanol–water partition coefficient (Wildman–Crippen LogP) is 3.81. The van der Waals surface area contributed by atoms with Gasteiger partial charge in [0.05, 0.1) is 12.7 Å². The lowest BCUT2D eigenvalue weighted by Gasteiger charge is -2.18. The van der Waals surface area contributed by atoms with Crippen LogP contribution < -0.4 is 5.32 Å². The van der Waals surface area contributed by atoms with Gasteiger partial charge in [0.2, 0.25) is 0 Å². The maximum atomic E-state index is 12.3. The van der Waals surface area contributed by atoms with Crippen LogP contribution in [0.2, 0.25) is 0 Å². The van der Waals surface area contributed by atoms with Crippen molar-refractivity contribution in [2.75, 3.05) is 12.4 Å². The lowest BCUT2D eigenvalue weighted by molar-refractivity contribution is 0.0601. The van der Waals surface area contributed by atoms with Crippen LogP contribution in [0.15, 0.2) is 16.5 Å². The largest absolute Gasteiger partial charge is 0.465 e. The molecule has 2 heterocycles. The number of methoxy groups -OCH3 is 1. The van der Waals surface area contributed by atoms with Gasteiger partial charge in [-0.2, -0.15) is 0 Å². The van der Waals surface area contributed by atoms with Crippen molar-refractivity contribution >= 4 is 28.2 Å². The standard InChI is InChI=1S/C17H19NO4S/c1-9-4-6-11-13(8-9)23-16(14(11)17(20)21-3)18-15(19)12-7-5-10(2)22-12/h5,7,9H,4,6,8H2,1-3H3,(H,18,19). The number of hydrogen-bond donors (Lipinski definition) is 1. The van der Waals surface area contributed by atoms with E-state index in [2.05, 4.69) is 12.2 Å². The van der Waals surface area contributed by atoms with E-state index in [1.54, 1.807) is 19.1 Å². The van der Waals surface area contributed by atoms with Crippen molar-refractivity contribution in [1.82, 2.24) is 0 Å². The number of furan rings is 1. The Morgan fingerprint density at radius 3 is 2.83 bits per heavy atom. The third-order valence-electron chi connectivity index (χ3n) is 4.09. The molecule has 0 saturated carbocycles. The number of hydrogen-bond acceptors (Lipinski definition) is 5. The first-order chi connectivity index (χ1) is 11.0. The van der Waals surface area contributed by atoms with Gasteiger partial charge in [0.25, 0.3) is 5.91 Å². The van der Waals surface area contributed by atoms with Gasteiger partial charge in [0.15, 0.2) is 5.76 Å². The molecule has 0 fully saturated rings. The second-order valence-corrected chi connectivity index (χ2v) is 7.02. The summed E-state index contributed by atoms with van der Waals surface area (Å²) < 4.78 is 10.3. The molecule has 1 aliphatic rings. The van der Waals surface area contributed by atoms with Gasteiger partial charge < -0.3 is 14.5 Å². The SMILES string of the molecule is COC(=O)c1c(NC(=O)c2ccc(C)o2)sc2c1CCC(C)C2. The number of nitrogens with one attached hydrogen (secondary N) is 1. The van der Waals surface area contributed by atoms with Crippen LogP contribution in [0.5, 0.6) is 0 Å². The fourth-order valence-electron chi connectivity index (χ4n) is 2.88. The third-order valence-corrected chi connectivity index (χ3v) is 5.26. The molecule has 0 spiro atoms. The number of rotatable bonds is 3. The summed E-state index contributed by atoms with van der Waals surface area (Å²) in [5.41, 5.74) is 1.52. The zero-order chi connectivity index (χ0) is 16.6. The van der Waals surface area contributed by atoms with Gasteiger partial charge in [-0.25, -0.2) is 4.79 Å². The van der Waals surface area contributed by atoms with Crippen molar-refractivity contribution in [2.24, 2.45) is 5.92 Å². The molecule has 0 bridgehead atoms. The van der Waals surface area contributed by atoms with E-state index >= 15 is 0 Å². The fourth-order valence-corrected chi connectivity index (χ4v) is 4.27. The summed E-state index contributed by atoms with van der Waals surface area (Å²) in [6.07, 6.45) is 2.81. The van der Waals surface area contributed by atoms with E-state index in [1.165, 1.54) is 18.4 Å². The molecule has 23 heavy (non-hydrogen) atoms. The van der Waals surface area contributed by atoms with Crippen LogP contribution in [0.4, 0.5) is 5.00 Å². The molecule has 3 rings (SSSR count). The minimum Gasteiger partial charge on any atom is -0.465 e. The fraction of sp³-hybridized carbons (Fsp3) is 0.412. The summed E-state index contributed by atoms with van der Waals surface area (Å²) in [6, 6.07) is 3.36. The molecule has 1 N–H and O–H groups in total. The summed E-state index contributed by atoms with van der Waals surface area (Å²) in [7, 11) is 1.36. The highest BCUT2D eigenvalue weighted by Gasteiger charge is 2.29. The topological polar surface area (TPSA) is 68.5 Å². The highest BCUT2D eigenvalue weighted by atomic mass is 32.1. The molecular weight excluding hydrogens is 314 g/mol. The molecule has 2 aromatic heterocycles. The van der Waals surface area contributed by atoms with Gasteiger partial charge in [0.1, 0.15) is 10.8 Å². The Kier molecular flexibility index (Phi) is 4.26. The lowest BCUT2D eigenvalue weighted by Crippen LogP contribution is -2.15. The third kappa shape index (κ3) is 3.03. The number of aryl methyl sites for hydroxylation is 1. The Labute approximate surface area is 138 Å². The van der Waals surface area contributed by atoms with Crippen molar-refractivity contribution < 1.29 is 18.7 Å². The maximum absolute atomic E-state index is 12.3. The van der Waals surface area contributed by atoms with Crippen molar-refractivity contribution in [3.63, 3.8) is 0 Å². The van der Waals surface area contributed by atoms with Crippen LogP contribution in [0.3, 0.4) is 0 Å². The highest BCUT2D eigenvalue weighted by Crippen LogP contribution is 2.40. The van der Waals surface area contributed by atoms with E-state index in [0.717, 1.165) is 29.7 Å². The van der Waals surface area contributed by atoms with Crippen LogP contribution in [0.1, 0.15) is 50.5 Å². The van der Waals surface area contributed by atoms with E-state index in [9.17, 15) is 9.59 Å². The Balaban J connectivity index is 1.95. The summed E-state index contributed by atoms with van der Waals surface area (Å²) in [5.74, 6) is 0.737. The molecule has 6 heteroatoms. The Morgan fingerprint density at radius 1 is 1.39 bits per heavy atom. The van der Waals surface area contributed by atoms with Gasteiger partial charge in [-0.1, -0.05) is 6.92 Å². The zero-order valence-electron chi connectivity index (χ0n) is 13.4. The zero-order valence-corrected chi connectivity index (χ0v) is 14.2. The number of thiophene rings is 1. The second kappa shape index (κ2) is 6.20. The van der Waals surface area contributed by atoms with Crippen molar-refractivity contribution in [3.05, 3.63) is 39.7 Å². The van der Waals surface area contributed by atoms with Gasteiger partial charge in [-0.3, -0.25) is 4.79 Å². The normalized spacial score (nSPS) is 16.7. The van der Waals surface area contributed by atoms with E-state index in [-0.39, 0.29) is 11.7 Å². The van der Waals surface area contributed by atoms with E-state index in [4.69, 9.17) is 9.15 Å².